The first-order valence-corrected chi connectivity index (χ1v) is 4.48. The molecule has 4 nitrogen and oxygen atoms in total. The molecule has 0 aliphatic heterocycles. The molecule has 0 aliphatic carbocycles. The molecule has 4 heteroatoms. The molecule has 0 atom stereocenters. The Kier molecular flexibility index (Phi) is 5.94. The van der Waals surface area contributed by atoms with Gasteiger partial charge in [-0.25, -0.2) is 4.99 Å². The lowest BCUT2D eigenvalue weighted by Gasteiger charge is -2.05. The van der Waals surface area contributed by atoms with Crippen molar-refractivity contribution < 1.29 is 4.74 Å². The second kappa shape index (κ2) is 6.70. The smallest absolute Gasteiger partial charge is 0.140 e. The number of methoxy groups -OCH3 is 1. The van der Waals surface area contributed by atoms with Crippen LogP contribution in [-0.4, -0.2) is 32.4 Å². The predicted octanol–water partition coefficient (Wildman–Crippen LogP) is 2.23. The molecule has 0 unspecified atom stereocenters. The lowest BCUT2D eigenvalue weighted by molar-refractivity contribution is 0.314. The molecule has 0 radical (unpaired) electrons. The molecule has 0 fully saturated rings. The van der Waals surface area contributed by atoms with E-state index in [9.17, 15) is 0 Å². The van der Waals surface area contributed by atoms with E-state index in [1.54, 1.807) is 33.5 Å². The molecular weight excluding hydrogens is 190 g/mol. The van der Waals surface area contributed by atoms with Crippen LogP contribution in [0.25, 0.3) is 0 Å². The average molecular weight is 207 g/mol. The molecule has 0 saturated heterocycles. The number of aliphatic imine (C=N–C) groups is 2. The second-order valence-electron chi connectivity index (χ2n) is 2.95. The van der Waals surface area contributed by atoms with Gasteiger partial charge in [0.25, 0.3) is 0 Å². The van der Waals surface area contributed by atoms with Crippen molar-refractivity contribution in [1.82, 2.24) is 0 Å². The zero-order valence-electron chi connectivity index (χ0n) is 9.66. The summed E-state index contributed by atoms with van der Waals surface area (Å²) >= 11 is 0. The zero-order valence-corrected chi connectivity index (χ0v) is 9.66. The minimum atomic E-state index is 0.243. The van der Waals surface area contributed by atoms with Crippen LogP contribution < -0.4 is 0 Å². The first-order valence-electron chi connectivity index (χ1n) is 4.48. The molecule has 0 amide bonds. The van der Waals surface area contributed by atoms with E-state index in [2.05, 4.69) is 16.6 Å². The van der Waals surface area contributed by atoms with Gasteiger partial charge in [-0.15, -0.1) is 0 Å². The lowest BCUT2D eigenvalue weighted by atomic mass is 10.1. The maximum absolute atomic E-state index is 7.15. The maximum Gasteiger partial charge on any atom is 0.140 e. The summed E-state index contributed by atoms with van der Waals surface area (Å²) in [6, 6.07) is 0. The molecule has 1 N–H and O–H groups in total. The Bertz CT molecular complexity index is 338. The summed E-state index contributed by atoms with van der Waals surface area (Å²) < 4.78 is 5.13. The molecule has 0 aromatic heterocycles. The van der Waals surface area contributed by atoms with Crippen molar-refractivity contribution in [2.75, 3.05) is 14.2 Å². The maximum atomic E-state index is 7.15. The summed E-state index contributed by atoms with van der Waals surface area (Å²) in [5, 5.41) is 7.15. The molecule has 0 aromatic carbocycles. The van der Waals surface area contributed by atoms with Crippen LogP contribution in [0.3, 0.4) is 0 Å². The molecule has 0 spiro atoms. The van der Waals surface area contributed by atoms with E-state index in [1.165, 1.54) is 0 Å². The fourth-order valence-corrected chi connectivity index (χ4v) is 0.850. The van der Waals surface area contributed by atoms with Gasteiger partial charge in [0.2, 0.25) is 0 Å². The third-order valence-corrected chi connectivity index (χ3v) is 1.73. The van der Waals surface area contributed by atoms with Gasteiger partial charge in [-0.05, 0) is 19.4 Å². The van der Waals surface area contributed by atoms with Crippen LogP contribution in [0.5, 0.6) is 0 Å². The van der Waals surface area contributed by atoms with Crippen LogP contribution >= 0.6 is 0 Å². The van der Waals surface area contributed by atoms with Crippen molar-refractivity contribution in [2.45, 2.75) is 13.8 Å². The van der Waals surface area contributed by atoms with E-state index in [1.807, 2.05) is 6.92 Å². The third-order valence-electron chi connectivity index (χ3n) is 1.73. The van der Waals surface area contributed by atoms with Gasteiger partial charge in [0.1, 0.15) is 11.6 Å². The third kappa shape index (κ3) is 4.90. The Morgan fingerprint density at radius 3 is 2.33 bits per heavy atom. The summed E-state index contributed by atoms with van der Waals surface area (Å²) in [5.41, 5.74) is 1.56. The fourth-order valence-electron chi connectivity index (χ4n) is 0.850. The number of ether oxygens (including phenoxy) is 1. The first-order chi connectivity index (χ1) is 7.02. The van der Waals surface area contributed by atoms with Crippen molar-refractivity contribution in [1.29, 1.82) is 5.41 Å². The van der Waals surface area contributed by atoms with Gasteiger partial charge >= 0.3 is 0 Å². The Labute approximate surface area is 90.6 Å². The molecule has 82 valence electrons. The Morgan fingerprint density at radius 2 is 1.93 bits per heavy atom. The van der Waals surface area contributed by atoms with Gasteiger partial charge in [-0.2, -0.15) is 0 Å². The average Bonchev–Trinajstić information content (AvgIpc) is 2.21. The SMILES string of the molecule is C=C(C=NC(C)=N)/C(C)=C(/C=NC)OC. The molecule has 0 rings (SSSR count). The molecule has 0 bridgehead atoms. The lowest BCUT2D eigenvalue weighted by Crippen LogP contribution is -1.97. The molecule has 0 heterocycles. The summed E-state index contributed by atoms with van der Waals surface area (Å²) in [5.74, 6) is 0.892. The molecular formula is C11H17N3O. The summed E-state index contributed by atoms with van der Waals surface area (Å²) in [4.78, 5) is 7.72. The van der Waals surface area contributed by atoms with E-state index >= 15 is 0 Å². The number of rotatable bonds is 4. The number of amidine groups is 1. The number of allylic oxidation sites excluding steroid dienone is 3. The van der Waals surface area contributed by atoms with Crippen molar-refractivity contribution in [3.63, 3.8) is 0 Å². The highest BCUT2D eigenvalue weighted by Crippen LogP contribution is 2.10. The minimum absolute atomic E-state index is 0.243. The van der Waals surface area contributed by atoms with E-state index in [-0.39, 0.29) is 5.84 Å². The van der Waals surface area contributed by atoms with Crippen molar-refractivity contribution >= 4 is 18.3 Å². The highest BCUT2D eigenvalue weighted by atomic mass is 16.5. The number of hydrogen-bond donors (Lipinski definition) is 1. The molecule has 0 aliphatic rings. The van der Waals surface area contributed by atoms with Crippen LogP contribution in [0.2, 0.25) is 0 Å². The molecule has 0 saturated carbocycles. The Hall–Kier alpha value is -1.71. The number of nitrogens with one attached hydrogen (secondary N) is 1. The van der Waals surface area contributed by atoms with Gasteiger partial charge < -0.3 is 4.74 Å². The quantitative estimate of drug-likeness (QED) is 0.327. The standard InChI is InChI=1S/C11H17N3O/c1-8(6-14-10(3)12)9(2)11(15-5)7-13-4/h6-7,12H,1H2,2-5H3/b11-9-,12-10?,13-7?,14-6?. The predicted molar refractivity (Wildman–Crippen MR) is 65.2 cm³/mol. The minimum Gasteiger partial charge on any atom is -0.495 e. The largest absolute Gasteiger partial charge is 0.495 e. The van der Waals surface area contributed by atoms with Crippen LogP contribution in [0.15, 0.2) is 33.5 Å². The van der Waals surface area contributed by atoms with E-state index in [4.69, 9.17) is 10.1 Å². The number of hydrogen-bond acceptors (Lipinski definition) is 3. The van der Waals surface area contributed by atoms with Gasteiger partial charge in [-0.1, -0.05) is 6.58 Å². The van der Waals surface area contributed by atoms with Crippen LogP contribution in [0.4, 0.5) is 0 Å². The second-order valence-corrected chi connectivity index (χ2v) is 2.95. The first kappa shape index (κ1) is 13.3. The van der Waals surface area contributed by atoms with Crippen LogP contribution in [-0.2, 0) is 4.74 Å². The Morgan fingerprint density at radius 1 is 1.33 bits per heavy atom. The van der Waals surface area contributed by atoms with E-state index in [0.717, 1.165) is 5.57 Å². The van der Waals surface area contributed by atoms with Gasteiger partial charge in [0.05, 0.1) is 13.3 Å². The van der Waals surface area contributed by atoms with E-state index in [0.29, 0.717) is 11.3 Å². The van der Waals surface area contributed by atoms with Crippen LogP contribution in [0, 0.1) is 5.41 Å². The van der Waals surface area contributed by atoms with Crippen molar-refractivity contribution in [3.05, 3.63) is 23.5 Å². The zero-order chi connectivity index (χ0) is 11.8. The van der Waals surface area contributed by atoms with E-state index < -0.39 is 0 Å². The molecule has 15 heavy (non-hydrogen) atoms. The normalized spacial score (nSPS) is 13.1. The van der Waals surface area contributed by atoms with Crippen molar-refractivity contribution in [2.24, 2.45) is 9.98 Å². The molecule has 0 aromatic rings. The summed E-state index contributed by atoms with van der Waals surface area (Å²) in [6.45, 7) is 7.31. The Balaban J connectivity index is 4.88. The summed E-state index contributed by atoms with van der Waals surface area (Å²) in [7, 11) is 3.25. The topological polar surface area (TPSA) is 57.8 Å². The van der Waals surface area contributed by atoms with Crippen LogP contribution in [0.1, 0.15) is 13.8 Å². The highest BCUT2D eigenvalue weighted by molar-refractivity contribution is 5.95. The van der Waals surface area contributed by atoms with Gasteiger partial charge in [0, 0.05) is 18.8 Å². The highest BCUT2D eigenvalue weighted by Gasteiger charge is 2.01. The summed E-state index contributed by atoms with van der Waals surface area (Å²) in [6.07, 6.45) is 3.16. The monoisotopic (exact) mass is 207 g/mol. The van der Waals surface area contributed by atoms with Gasteiger partial charge in [-0.3, -0.25) is 10.4 Å². The number of nitrogens with zero attached hydrogens (tertiary/aromatic N) is 2. The van der Waals surface area contributed by atoms with Crippen molar-refractivity contribution in [3.8, 4) is 0 Å². The van der Waals surface area contributed by atoms with Gasteiger partial charge in [0.15, 0.2) is 0 Å². The fraction of sp³-hybridized carbons (Fsp3) is 0.364.